The van der Waals surface area contributed by atoms with Crippen molar-refractivity contribution in [3.63, 3.8) is 0 Å². The molecule has 1 aromatic rings. The molecule has 1 unspecified atom stereocenters. The van der Waals surface area contributed by atoms with Gasteiger partial charge in [0.25, 0.3) is 0 Å². The number of ether oxygens (including phenoxy) is 2. The number of esters is 1. The molecule has 1 fully saturated rings. The maximum Gasteiger partial charge on any atom is 0.335 e. The summed E-state index contributed by atoms with van der Waals surface area (Å²) in [5.74, 6) is -10.7. The second-order valence-corrected chi connectivity index (χ2v) is 10.5. The molecular weight excluding hydrogens is 544 g/mol. The Hall–Kier alpha value is -2.56. The molecule has 0 heterocycles. The van der Waals surface area contributed by atoms with Crippen LogP contribution in [-0.2, 0) is 25.0 Å². The van der Waals surface area contributed by atoms with Crippen LogP contribution in [0.4, 0.5) is 17.6 Å². The number of carbonyl (C=O) groups excluding carboxylic acids is 2. The third-order valence-electron chi connectivity index (χ3n) is 7.37. The van der Waals surface area contributed by atoms with E-state index in [1.807, 2.05) is 0 Å². The van der Waals surface area contributed by atoms with Crippen LogP contribution < -0.4 is 0 Å². The van der Waals surface area contributed by atoms with Crippen molar-refractivity contribution in [2.24, 2.45) is 11.8 Å². The molecule has 1 aromatic carbocycles. The second kappa shape index (κ2) is 18.1. The largest absolute Gasteiger partial charge is 0.462 e. The van der Waals surface area contributed by atoms with Gasteiger partial charge in [0.15, 0.2) is 0 Å². The van der Waals surface area contributed by atoms with E-state index in [-0.39, 0.29) is 43.8 Å². The van der Waals surface area contributed by atoms with Crippen LogP contribution in [0.15, 0.2) is 48.6 Å². The number of unbranched alkanes of at least 4 members (excludes halogenated alkanes) is 2. The lowest BCUT2D eigenvalue weighted by Crippen LogP contribution is -2.45. The van der Waals surface area contributed by atoms with Gasteiger partial charge in [0.1, 0.15) is 12.9 Å². The Morgan fingerprint density at radius 1 is 1.02 bits per heavy atom. The first-order chi connectivity index (χ1) is 19.4. The number of aliphatic hydroxyl groups is 2. The van der Waals surface area contributed by atoms with Crippen LogP contribution in [0.1, 0.15) is 75.3 Å². The highest BCUT2D eigenvalue weighted by Gasteiger charge is 2.61. The van der Waals surface area contributed by atoms with Gasteiger partial charge in [-0.15, -0.1) is 0 Å². The number of alkyl halides is 4. The van der Waals surface area contributed by atoms with Gasteiger partial charge in [-0.25, -0.2) is 4.79 Å². The topological polar surface area (TPSA) is 93.1 Å². The van der Waals surface area contributed by atoms with Crippen molar-refractivity contribution in [2.75, 3.05) is 33.5 Å². The molecule has 232 valence electrons. The van der Waals surface area contributed by atoms with Crippen molar-refractivity contribution >= 4 is 12.3 Å². The van der Waals surface area contributed by atoms with Crippen molar-refractivity contribution in [3.8, 4) is 0 Å². The number of hydrogen-bond donors (Lipinski definition) is 2. The van der Waals surface area contributed by atoms with Crippen LogP contribution in [0.3, 0.4) is 0 Å². The minimum absolute atomic E-state index is 0.109. The monoisotopic (exact) mass is 588 g/mol. The van der Waals surface area contributed by atoms with E-state index in [1.165, 1.54) is 19.2 Å². The highest BCUT2D eigenvalue weighted by molar-refractivity contribution is 5.87. The third-order valence-corrected chi connectivity index (χ3v) is 7.37. The van der Waals surface area contributed by atoms with Gasteiger partial charge >= 0.3 is 17.8 Å². The predicted octanol–water partition coefficient (Wildman–Crippen LogP) is 6.36. The van der Waals surface area contributed by atoms with E-state index in [0.29, 0.717) is 30.6 Å². The van der Waals surface area contributed by atoms with Crippen molar-refractivity contribution < 1.29 is 46.8 Å². The van der Waals surface area contributed by atoms with Gasteiger partial charge in [0.05, 0.1) is 25.4 Å². The zero-order chi connectivity index (χ0) is 31.1. The molecule has 1 aliphatic rings. The lowest BCUT2D eigenvalue weighted by Gasteiger charge is -2.37. The first-order valence-corrected chi connectivity index (χ1v) is 13.9. The van der Waals surface area contributed by atoms with E-state index in [9.17, 15) is 9.59 Å². The van der Waals surface area contributed by atoms with Gasteiger partial charge in [-0.1, -0.05) is 70.0 Å². The van der Waals surface area contributed by atoms with Crippen molar-refractivity contribution in [1.82, 2.24) is 0 Å². The molecule has 1 aliphatic carbocycles. The maximum absolute atomic E-state index is 15.0. The Morgan fingerprint density at radius 2 is 1.63 bits per heavy atom. The molecule has 1 saturated carbocycles. The number of aliphatic hydroxyl groups excluding tert-OH is 2. The lowest BCUT2D eigenvalue weighted by atomic mass is 9.75. The van der Waals surface area contributed by atoms with Gasteiger partial charge in [-0.2, -0.15) is 17.6 Å². The van der Waals surface area contributed by atoms with Crippen LogP contribution in [-0.4, -0.2) is 61.9 Å². The van der Waals surface area contributed by atoms with E-state index in [1.54, 1.807) is 0 Å². The number of aldehydes is 1. The second-order valence-electron chi connectivity index (χ2n) is 10.5. The van der Waals surface area contributed by atoms with Crippen LogP contribution in [0.5, 0.6) is 0 Å². The first-order valence-electron chi connectivity index (χ1n) is 13.9. The summed E-state index contributed by atoms with van der Waals surface area (Å²) in [5, 5.41) is 17.0. The number of rotatable bonds is 16. The number of hydrogen-bond acceptors (Lipinski definition) is 6. The zero-order valence-electron chi connectivity index (χ0n) is 24.1. The van der Waals surface area contributed by atoms with Crippen LogP contribution in [0.2, 0.25) is 0 Å². The highest BCUT2D eigenvalue weighted by atomic mass is 19.3. The third kappa shape index (κ3) is 11.0. The quantitative estimate of drug-likeness (QED) is 0.0768. The van der Waals surface area contributed by atoms with E-state index >= 15 is 17.6 Å². The number of benzene rings is 1. The van der Waals surface area contributed by atoms with Crippen molar-refractivity contribution in [3.05, 3.63) is 59.7 Å². The molecule has 1 atom stereocenters. The number of methoxy groups -OCH3 is 1. The molecule has 0 aliphatic heterocycles. The van der Waals surface area contributed by atoms with E-state index in [0.717, 1.165) is 37.8 Å². The fraction of sp³-hybridized carbons (Fsp3) is 0.613. The number of carbonyl (C=O) groups is 2. The Morgan fingerprint density at radius 3 is 2.10 bits per heavy atom. The summed E-state index contributed by atoms with van der Waals surface area (Å²) in [4.78, 5) is 21.2. The summed E-state index contributed by atoms with van der Waals surface area (Å²) in [6, 6.07) is 4.69. The molecule has 6 nitrogen and oxygen atoms in total. The Labute approximate surface area is 240 Å². The molecule has 0 saturated heterocycles. The summed E-state index contributed by atoms with van der Waals surface area (Å²) in [7, 11) is 1.43. The summed E-state index contributed by atoms with van der Waals surface area (Å²) in [6.45, 7) is 7.86. The maximum atomic E-state index is 15.0. The van der Waals surface area contributed by atoms with Gasteiger partial charge in [-0.3, -0.25) is 4.79 Å². The minimum atomic E-state index is -4.30. The number of halogens is 4. The highest BCUT2D eigenvalue weighted by Crippen LogP contribution is 2.52. The minimum Gasteiger partial charge on any atom is -0.462 e. The van der Waals surface area contributed by atoms with Crippen molar-refractivity contribution in [1.29, 1.82) is 0 Å². The Kier molecular flexibility index (Phi) is 16.1. The molecule has 0 bridgehead atoms. The standard InChI is InChI=1S/C27H38F4O4.C4H6O2/c1-4-5-6-7-20-8-12-23(13-9-20)26(28,29)27(30,31)24-14-10-21(11-15-24)22(17-34-3)18-35-25(33)19(2)16-32;1-4(2-5)3-6/h10-11,14-15,20,22-23,32H,2,4-9,12-13,16-18H2,1,3H3;2,6H,1,3H2. The zero-order valence-corrected chi connectivity index (χ0v) is 24.1. The summed E-state index contributed by atoms with van der Waals surface area (Å²) >= 11 is 0. The fourth-order valence-corrected chi connectivity index (χ4v) is 4.73. The normalized spacial score (nSPS) is 18.0. The lowest BCUT2D eigenvalue weighted by molar-refractivity contribution is -0.249. The van der Waals surface area contributed by atoms with Crippen LogP contribution in [0.25, 0.3) is 0 Å². The summed E-state index contributed by atoms with van der Waals surface area (Å²) in [5.41, 5.74) is -0.133. The first kappa shape index (κ1) is 36.5. The smallest absolute Gasteiger partial charge is 0.335 e. The van der Waals surface area contributed by atoms with E-state index < -0.39 is 41.8 Å². The van der Waals surface area contributed by atoms with Gasteiger partial charge in [0.2, 0.25) is 0 Å². The van der Waals surface area contributed by atoms with E-state index in [4.69, 9.17) is 19.7 Å². The van der Waals surface area contributed by atoms with Crippen molar-refractivity contribution in [2.45, 2.75) is 76.1 Å². The van der Waals surface area contributed by atoms with Gasteiger partial charge in [-0.05, 0) is 37.2 Å². The molecule has 0 spiro atoms. The van der Waals surface area contributed by atoms with Crippen LogP contribution in [0, 0.1) is 11.8 Å². The summed E-state index contributed by atoms with van der Waals surface area (Å²) in [6.07, 6.45) is 6.12. The molecule has 10 heteroatoms. The molecule has 2 N–H and O–H groups in total. The summed E-state index contributed by atoms with van der Waals surface area (Å²) < 4.78 is 70.4. The predicted molar refractivity (Wildman–Crippen MR) is 149 cm³/mol. The average Bonchev–Trinajstić information content (AvgIpc) is 2.98. The fourth-order valence-electron chi connectivity index (χ4n) is 4.73. The van der Waals surface area contributed by atoms with Crippen LogP contribution >= 0.6 is 0 Å². The molecule has 0 radical (unpaired) electrons. The average molecular weight is 589 g/mol. The van der Waals surface area contributed by atoms with Gasteiger partial charge in [0, 0.05) is 30.1 Å². The Bertz CT molecular complexity index is 956. The molecule has 41 heavy (non-hydrogen) atoms. The SMILES string of the molecule is C=C(C=O)CO.C=C(CO)C(=O)OCC(COC)c1ccc(C(F)(F)C(F)(F)C2CCC(CCCCC)CC2)cc1. The molecule has 2 rings (SSSR count). The molecular formula is C31H44F4O6. The van der Waals surface area contributed by atoms with E-state index in [2.05, 4.69) is 20.1 Å². The Balaban J connectivity index is 0.00000126. The van der Waals surface area contributed by atoms with Gasteiger partial charge < -0.3 is 19.7 Å². The molecule has 0 aromatic heterocycles. The molecule has 0 amide bonds.